The highest BCUT2D eigenvalue weighted by atomic mass is 16.6. The van der Waals surface area contributed by atoms with E-state index >= 15 is 0 Å². The minimum absolute atomic E-state index is 0.103. The standard InChI is InChI=1S/C30H40O4/c1-5-6-10-22-18-21-11-7-8-12-24(21)26-27(22)34-30(32)16-9-15-29(26,30)28(31)33-25-17-20(4)13-14-23(25)19(2)3/h7-8,11-12,18-20,23,25,32H,5-6,9-10,13-17H2,1-4H3/t20-,23+,25-,29-,30-/m1/s1. The van der Waals surface area contributed by atoms with Crippen LogP contribution in [0, 0.1) is 17.8 Å². The van der Waals surface area contributed by atoms with Gasteiger partial charge in [-0.3, -0.25) is 4.79 Å². The maximum absolute atomic E-state index is 14.3. The van der Waals surface area contributed by atoms with Crippen molar-refractivity contribution in [3.05, 3.63) is 41.5 Å². The first-order valence-corrected chi connectivity index (χ1v) is 13.5. The number of aliphatic hydroxyl groups is 1. The van der Waals surface area contributed by atoms with Gasteiger partial charge in [-0.2, -0.15) is 0 Å². The summed E-state index contributed by atoms with van der Waals surface area (Å²) in [6.45, 7) is 8.89. The van der Waals surface area contributed by atoms with Crippen LogP contribution in [-0.4, -0.2) is 23.0 Å². The maximum atomic E-state index is 14.3. The largest absolute Gasteiger partial charge is 0.461 e. The molecule has 2 aliphatic carbocycles. The van der Waals surface area contributed by atoms with Crippen LogP contribution < -0.4 is 4.74 Å². The number of hydrogen-bond acceptors (Lipinski definition) is 4. The lowest BCUT2D eigenvalue weighted by Gasteiger charge is -2.40. The molecule has 2 saturated carbocycles. The predicted molar refractivity (Wildman–Crippen MR) is 135 cm³/mol. The molecule has 2 aromatic rings. The zero-order chi connectivity index (χ0) is 24.1. The Labute approximate surface area is 204 Å². The number of esters is 1. The Morgan fingerprint density at radius 2 is 2.03 bits per heavy atom. The normalized spacial score (nSPS) is 32.5. The summed E-state index contributed by atoms with van der Waals surface area (Å²) in [7, 11) is 0. The highest BCUT2D eigenvalue weighted by Gasteiger charge is 2.69. The average molecular weight is 465 g/mol. The van der Waals surface area contributed by atoms with Gasteiger partial charge in [0.15, 0.2) is 5.41 Å². The van der Waals surface area contributed by atoms with Crippen LogP contribution in [0.1, 0.15) is 90.2 Å². The third kappa shape index (κ3) is 3.56. The molecule has 184 valence electrons. The van der Waals surface area contributed by atoms with Crippen LogP contribution in [0.2, 0.25) is 0 Å². The van der Waals surface area contributed by atoms with Crippen LogP contribution in [0.15, 0.2) is 30.3 Å². The Bertz CT molecular complexity index is 1070. The van der Waals surface area contributed by atoms with Crippen molar-refractivity contribution in [1.29, 1.82) is 0 Å². The van der Waals surface area contributed by atoms with Crippen LogP contribution >= 0.6 is 0 Å². The number of hydrogen-bond donors (Lipinski definition) is 1. The Morgan fingerprint density at radius 1 is 1.24 bits per heavy atom. The van der Waals surface area contributed by atoms with Crippen LogP contribution in [0.3, 0.4) is 0 Å². The molecule has 0 amide bonds. The molecule has 0 bridgehead atoms. The number of ether oxygens (including phenoxy) is 2. The Balaban J connectivity index is 1.62. The maximum Gasteiger partial charge on any atom is 0.323 e. The second kappa shape index (κ2) is 8.86. The van der Waals surface area contributed by atoms with Gasteiger partial charge < -0.3 is 14.6 Å². The lowest BCUT2D eigenvalue weighted by Crippen LogP contribution is -2.54. The molecule has 0 radical (unpaired) electrons. The first-order chi connectivity index (χ1) is 16.3. The molecular formula is C30H40O4. The van der Waals surface area contributed by atoms with Gasteiger partial charge in [0.1, 0.15) is 11.9 Å². The van der Waals surface area contributed by atoms with Crippen LogP contribution in [0.5, 0.6) is 5.75 Å². The van der Waals surface area contributed by atoms with Gasteiger partial charge in [-0.15, -0.1) is 0 Å². The topological polar surface area (TPSA) is 55.8 Å². The summed E-state index contributed by atoms with van der Waals surface area (Å²) in [6.07, 6.45) is 7.82. The van der Waals surface area contributed by atoms with Crippen molar-refractivity contribution in [3.63, 3.8) is 0 Å². The number of carbonyl (C=O) groups is 1. The molecule has 5 atom stereocenters. The first-order valence-electron chi connectivity index (χ1n) is 13.5. The van der Waals surface area contributed by atoms with Crippen molar-refractivity contribution in [1.82, 2.24) is 0 Å². The van der Waals surface area contributed by atoms with Gasteiger partial charge in [-0.1, -0.05) is 64.8 Å². The molecule has 2 fully saturated rings. The Morgan fingerprint density at radius 3 is 2.79 bits per heavy atom. The zero-order valence-corrected chi connectivity index (χ0v) is 21.2. The van der Waals surface area contributed by atoms with Gasteiger partial charge in [0.25, 0.3) is 0 Å². The summed E-state index contributed by atoms with van der Waals surface area (Å²) in [4.78, 5) is 14.3. The summed E-state index contributed by atoms with van der Waals surface area (Å²) < 4.78 is 12.9. The van der Waals surface area contributed by atoms with Crippen molar-refractivity contribution >= 4 is 16.7 Å². The lowest BCUT2D eigenvalue weighted by atomic mass is 9.73. The lowest BCUT2D eigenvalue weighted by molar-refractivity contribution is -0.195. The quantitative estimate of drug-likeness (QED) is 0.484. The molecule has 5 rings (SSSR count). The van der Waals surface area contributed by atoms with Gasteiger partial charge in [-0.25, -0.2) is 0 Å². The molecule has 0 aromatic heterocycles. The third-order valence-corrected chi connectivity index (χ3v) is 8.88. The molecule has 0 unspecified atom stereocenters. The van der Waals surface area contributed by atoms with Crippen molar-refractivity contribution in [2.75, 3.05) is 0 Å². The second-order valence-electron chi connectivity index (χ2n) is 11.5. The van der Waals surface area contributed by atoms with E-state index < -0.39 is 11.2 Å². The van der Waals surface area contributed by atoms with Gasteiger partial charge in [-0.05, 0) is 78.7 Å². The van der Waals surface area contributed by atoms with E-state index in [0.717, 1.165) is 66.2 Å². The van der Waals surface area contributed by atoms with Crippen molar-refractivity contribution < 1.29 is 19.4 Å². The highest BCUT2D eigenvalue weighted by Crippen LogP contribution is 2.61. The van der Waals surface area contributed by atoms with Crippen LogP contribution in [0.4, 0.5) is 0 Å². The number of fused-ring (bicyclic) bond motifs is 5. The number of rotatable bonds is 6. The number of unbranched alkanes of at least 4 members (excludes halogenated alkanes) is 1. The summed E-state index contributed by atoms with van der Waals surface area (Å²) >= 11 is 0. The van der Waals surface area contributed by atoms with Crippen molar-refractivity contribution in [2.45, 2.75) is 103 Å². The molecule has 0 spiro atoms. The number of carbonyl (C=O) groups excluding carboxylic acids is 1. The van der Waals surface area contributed by atoms with E-state index in [1.807, 2.05) is 12.1 Å². The molecule has 4 nitrogen and oxygen atoms in total. The molecule has 2 aromatic carbocycles. The van der Waals surface area contributed by atoms with E-state index in [1.165, 1.54) is 6.42 Å². The van der Waals surface area contributed by atoms with Gasteiger partial charge in [0.2, 0.25) is 5.79 Å². The summed E-state index contributed by atoms with van der Waals surface area (Å²) in [5.41, 5.74) is 0.801. The predicted octanol–water partition coefficient (Wildman–Crippen LogP) is 6.69. The van der Waals surface area contributed by atoms with Gasteiger partial charge in [0, 0.05) is 12.0 Å². The Hall–Kier alpha value is -2.07. The van der Waals surface area contributed by atoms with Crippen LogP contribution in [-0.2, 0) is 21.4 Å². The Kier molecular flexibility index (Phi) is 6.16. The fraction of sp³-hybridized carbons (Fsp3) is 0.633. The van der Waals surface area contributed by atoms with E-state index in [1.54, 1.807) is 0 Å². The molecular weight excluding hydrogens is 424 g/mol. The zero-order valence-electron chi connectivity index (χ0n) is 21.2. The monoisotopic (exact) mass is 464 g/mol. The van der Waals surface area contributed by atoms with Crippen molar-refractivity contribution in [3.8, 4) is 5.75 Å². The molecule has 4 heteroatoms. The number of aryl methyl sites for hydroxylation is 1. The molecule has 3 aliphatic rings. The SMILES string of the molecule is CCCCc1cc2ccccc2c2c1O[C@]1(O)CCC[C@]21C(=O)O[C@@H]1C[C@H](C)CC[C@H]1C(C)C. The minimum Gasteiger partial charge on any atom is -0.461 e. The van der Waals surface area contributed by atoms with E-state index in [-0.39, 0.29) is 12.1 Å². The number of benzene rings is 2. The summed E-state index contributed by atoms with van der Waals surface area (Å²) in [6, 6.07) is 10.4. The molecule has 1 N–H and O–H groups in total. The molecule has 1 heterocycles. The minimum atomic E-state index is -1.54. The molecule has 0 saturated heterocycles. The average Bonchev–Trinajstić information content (AvgIpc) is 3.27. The summed E-state index contributed by atoms with van der Waals surface area (Å²) in [5, 5.41) is 14.0. The van der Waals surface area contributed by atoms with Gasteiger partial charge in [0.05, 0.1) is 0 Å². The van der Waals surface area contributed by atoms with Crippen molar-refractivity contribution in [2.24, 2.45) is 17.8 Å². The first kappa shape index (κ1) is 23.7. The van der Waals surface area contributed by atoms with Gasteiger partial charge >= 0.3 is 5.97 Å². The second-order valence-corrected chi connectivity index (χ2v) is 11.5. The van der Waals surface area contributed by atoms with E-state index in [9.17, 15) is 9.90 Å². The molecule has 1 aliphatic heterocycles. The molecule has 34 heavy (non-hydrogen) atoms. The van der Waals surface area contributed by atoms with Crippen LogP contribution in [0.25, 0.3) is 10.8 Å². The highest BCUT2D eigenvalue weighted by molar-refractivity contribution is 5.99. The van der Waals surface area contributed by atoms with E-state index in [2.05, 4.69) is 45.9 Å². The fourth-order valence-electron chi connectivity index (χ4n) is 6.96. The summed E-state index contributed by atoms with van der Waals surface area (Å²) in [5.74, 6) is 0.267. The fourth-order valence-corrected chi connectivity index (χ4v) is 6.96. The smallest absolute Gasteiger partial charge is 0.323 e. The third-order valence-electron chi connectivity index (χ3n) is 8.88. The van der Waals surface area contributed by atoms with E-state index in [4.69, 9.17) is 9.47 Å². The van der Waals surface area contributed by atoms with E-state index in [0.29, 0.717) is 30.6 Å².